The molecule has 5 aromatic rings. The highest BCUT2D eigenvalue weighted by atomic mass is 79.9. The van der Waals surface area contributed by atoms with Gasteiger partial charge < -0.3 is 13.6 Å². The molecule has 7 heteroatoms. The third-order valence-corrected chi connectivity index (χ3v) is 5.91. The highest BCUT2D eigenvalue weighted by molar-refractivity contribution is 9.10. The van der Waals surface area contributed by atoms with Crippen molar-refractivity contribution >= 4 is 49.5 Å². The zero-order valence-electron chi connectivity index (χ0n) is 16.4. The van der Waals surface area contributed by atoms with Gasteiger partial charge in [0, 0.05) is 43.5 Å². The van der Waals surface area contributed by atoms with E-state index in [1.54, 1.807) is 42.5 Å². The second-order valence-corrected chi connectivity index (χ2v) is 8.47. The van der Waals surface area contributed by atoms with E-state index in [4.69, 9.17) is 25.2 Å². The maximum absolute atomic E-state index is 12.7. The fraction of sp³-hybridized carbons (Fsp3) is 0.0400. The number of hydrogen-bond donors (Lipinski definition) is 0. The summed E-state index contributed by atoms with van der Waals surface area (Å²) in [7, 11) is 0. The number of halogens is 2. The summed E-state index contributed by atoms with van der Waals surface area (Å²) < 4.78 is 17.5. The molecule has 3 aromatic carbocycles. The predicted octanol–water partition coefficient (Wildman–Crippen LogP) is 6.56. The predicted molar refractivity (Wildman–Crippen MR) is 127 cm³/mol. The topological polar surface area (TPSA) is 69.7 Å². The van der Waals surface area contributed by atoms with Gasteiger partial charge in [0.25, 0.3) is 0 Å². The van der Waals surface area contributed by atoms with Crippen LogP contribution in [0, 0.1) is 0 Å². The zero-order chi connectivity index (χ0) is 22.2. The normalized spacial score (nSPS) is 11.2. The Morgan fingerprint density at radius 1 is 0.844 bits per heavy atom. The molecule has 2 heterocycles. The Morgan fingerprint density at radius 2 is 1.69 bits per heavy atom. The summed E-state index contributed by atoms with van der Waals surface area (Å²) in [6.07, 6.45) is 0. The molecular formula is C25H14BrClO5. The van der Waals surface area contributed by atoms with E-state index in [1.165, 1.54) is 6.07 Å². The Labute approximate surface area is 194 Å². The standard InChI is InChI=1S/C25H14BrClO5/c26-16-5-8-22-15(9-16)10-20(25(29)32-22)19-12-24(28)31-23-11-17(6-7-18(19)23)30-13-14-3-1-2-4-21(14)27/h1-12H,13H2. The number of benzene rings is 3. The molecular weight excluding hydrogens is 496 g/mol. The Kier molecular flexibility index (Phi) is 5.33. The lowest BCUT2D eigenvalue weighted by molar-refractivity contribution is 0.306. The van der Waals surface area contributed by atoms with Crippen molar-refractivity contribution in [2.75, 3.05) is 0 Å². The van der Waals surface area contributed by atoms with Crippen molar-refractivity contribution in [3.8, 4) is 16.9 Å². The van der Waals surface area contributed by atoms with Gasteiger partial charge in [-0.05, 0) is 42.5 Å². The van der Waals surface area contributed by atoms with E-state index in [0.29, 0.717) is 32.9 Å². The van der Waals surface area contributed by atoms with Crippen molar-refractivity contribution in [1.29, 1.82) is 0 Å². The largest absolute Gasteiger partial charge is 0.489 e. The van der Waals surface area contributed by atoms with E-state index < -0.39 is 11.3 Å². The van der Waals surface area contributed by atoms with Crippen LogP contribution in [0.15, 0.2) is 95.7 Å². The minimum absolute atomic E-state index is 0.262. The van der Waals surface area contributed by atoms with Gasteiger partial charge in [-0.2, -0.15) is 0 Å². The lowest BCUT2D eigenvalue weighted by Gasteiger charge is -2.10. The first-order valence-electron chi connectivity index (χ1n) is 9.66. The van der Waals surface area contributed by atoms with Crippen molar-refractivity contribution in [2.24, 2.45) is 0 Å². The minimum atomic E-state index is -0.579. The van der Waals surface area contributed by atoms with E-state index in [9.17, 15) is 9.59 Å². The summed E-state index contributed by atoms with van der Waals surface area (Å²) in [6, 6.07) is 20.9. The molecule has 0 aliphatic carbocycles. The molecule has 0 N–H and O–H groups in total. The Bertz CT molecular complexity index is 1600. The van der Waals surface area contributed by atoms with E-state index >= 15 is 0 Å². The Hall–Kier alpha value is -3.35. The molecule has 0 radical (unpaired) electrons. The zero-order valence-corrected chi connectivity index (χ0v) is 18.8. The fourth-order valence-corrected chi connectivity index (χ4v) is 4.08. The van der Waals surface area contributed by atoms with Crippen LogP contribution in [0.2, 0.25) is 5.02 Å². The van der Waals surface area contributed by atoms with Gasteiger partial charge in [0.1, 0.15) is 23.5 Å². The summed E-state index contributed by atoms with van der Waals surface area (Å²) in [5, 5.41) is 1.93. The maximum atomic E-state index is 12.7. The molecule has 0 saturated heterocycles. The second-order valence-electron chi connectivity index (χ2n) is 7.15. The average molecular weight is 510 g/mol. The van der Waals surface area contributed by atoms with Crippen molar-refractivity contribution in [1.82, 2.24) is 0 Å². The highest BCUT2D eigenvalue weighted by Gasteiger charge is 2.15. The Morgan fingerprint density at radius 3 is 2.53 bits per heavy atom. The van der Waals surface area contributed by atoms with Gasteiger partial charge >= 0.3 is 11.3 Å². The van der Waals surface area contributed by atoms with Gasteiger partial charge in [-0.3, -0.25) is 0 Å². The third kappa shape index (κ3) is 3.95. The van der Waals surface area contributed by atoms with Crippen LogP contribution < -0.4 is 16.0 Å². The molecule has 0 unspecified atom stereocenters. The Balaban J connectivity index is 1.58. The van der Waals surface area contributed by atoms with Crippen molar-refractivity contribution in [2.45, 2.75) is 6.61 Å². The van der Waals surface area contributed by atoms with Crippen LogP contribution in [-0.2, 0) is 6.61 Å². The molecule has 32 heavy (non-hydrogen) atoms. The van der Waals surface area contributed by atoms with Gasteiger partial charge in [-0.15, -0.1) is 0 Å². The molecule has 0 aliphatic rings. The summed E-state index contributed by atoms with van der Waals surface area (Å²) >= 11 is 9.60. The third-order valence-electron chi connectivity index (χ3n) is 5.05. The molecule has 0 aliphatic heterocycles. The van der Waals surface area contributed by atoms with E-state index in [2.05, 4.69) is 15.9 Å². The highest BCUT2D eigenvalue weighted by Crippen LogP contribution is 2.31. The van der Waals surface area contributed by atoms with Crippen LogP contribution in [0.3, 0.4) is 0 Å². The molecule has 158 valence electrons. The molecule has 0 fully saturated rings. The molecule has 0 bridgehead atoms. The lowest BCUT2D eigenvalue weighted by Crippen LogP contribution is -2.06. The van der Waals surface area contributed by atoms with Crippen LogP contribution in [0.5, 0.6) is 5.75 Å². The van der Waals surface area contributed by atoms with Crippen LogP contribution in [0.1, 0.15) is 5.56 Å². The van der Waals surface area contributed by atoms with E-state index in [0.717, 1.165) is 15.4 Å². The SMILES string of the molecule is O=c1cc(-c2cc3cc(Br)ccc3oc2=O)c2ccc(OCc3ccccc3Cl)cc2o1. The molecule has 5 nitrogen and oxygen atoms in total. The number of rotatable bonds is 4. The van der Waals surface area contributed by atoms with Gasteiger partial charge in [-0.1, -0.05) is 45.7 Å². The first kappa shape index (κ1) is 20.5. The minimum Gasteiger partial charge on any atom is -0.489 e. The fourth-order valence-electron chi connectivity index (χ4n) is 3.51. The summed E-state index contributed by atoms with van der Waals surface area (Å²) in [5.74, 6) is 0.507. The van der Waals surface area contributed by atoms with Gasteiger partial charge in [0.15, 0.2) is 0 Å². The summed E-state index contributed by atoms with van der Waals surface area (Å²) in [4.78, 5) is 25.0. The van der Waals surface area contributed by atoms with Crippen molar-refractivity contribution in [3.05, 3.63) is 109 Å². The quantitative estimate of drug-likeness (QED) is 0.257. The summed E-state index contributed by atoms with van der Waals surface area (Å²) in [6.45, 7) is 0.262. The van der Waals surface area contributed by atoms with Gasteiger partial charge in [-0.25, -0.2) is 9.59 Å². The monoisotopic (exact) mass is 508 g/mol. The molecule has 0 spiro atoms. The first-order chi connectivity index (χ1) is 15.5. The number of fused-ring (bicyclic) bond motifs is 2. The van der Waals surface area contributed by atoms with Crippen molar-refractivity contribution in [3.63, 3.8) is 0 Å². The van der Waals surface area contributed by atoms with E-state index in [1.807, 2.05) is 24.3 Å². The average Bonchev–Trinajstić information content (AvgIpc) is 2.77. The summed E-state index contributed by atoms with van der Waals surface area (Å²) in [5.41, 5.74) is 1.20. The van der Waals surface area contributed by atoms with Crippen LogP contribution in [0.4, 0.5) is 0 Å². The second kappa shape index (κ2) is 8.30. The number of ether oxygens (including phenoxy) is 1. The number of hydrogen-bond acceptors (Lipinski definition) is 5. The van der Waals surface area contributed by atoms with Gasteiger partial charge in [0.2, 0.25) is 0 Å². The lowest BCUT2D eigenvalue weighted by atomic mass is 10.0. The van der Waals surface area contributed by atoms with Crippen LogP contribution in [-0.4, -0.2) is 0 Å². The van der Waals surface area contributed by atoms with Gasteiger partial charge in [0.05, 0.1) is 5.56 Å². The maximum Gasteiger partial charge on any atom is 0.344 e. The molecule has 2 aromatic heterocycles. The van der Waals surface area contributed by atoms with Crippen LogP contribution in [0.25, 0.3) is 33.1 Å². The van der Waals surface area contributed by atoms with Crippen molar-refractivity contribution < 1.29 is 13.6 Å². The van der Waals surface area contributed by atoms with Crippen LogP contribution >= 0.6 is 27.5 Å². The van der Waals surface area contributed by atoms with E-state index in [-0.39, 0.29) is 12.2 Å². The molecule has 5 rings (SSSR count). The molecule has 0 saturated carbocycles. The molecule has 0 atom stereocenters. The smallest absolute Gasteiger partial charge is 0.344 e. The first-order valence-corrected chi connectivity index (χ1v) is 10.8. The molecule has 0 amide bonds.